The van der Waals surface area contributed by atoms with Crippen LogP contribution >= 0.6 is 0 Å². The fourth-order valence-corrected chi connectivity index (χ4v) is 2.09. The summed E-state index contributed by atoms with van der Waals surface area (Å²) in [5.74, 6) is -0.478. The fourth-order valence-electron chi connectivity index (χ4n) is 2.09. The van der Waals surface area contributed by atoms with Crippen LogP contribution in [0.15, 0.2) is 36.5 Å². The van der Waals surface area contributed by atoms with Crippen LogP contribution in [0, 0.1) is 16.7 Å². The number of benzene rings is 1. The zero-order valence-corrected chi connectivity index (χ0v) is 11.6. The lowest BCUT2D eigenvalue weighted by atomic mass is 9.85. The molecule has 0 aliphatic heterocycles. The summed E-state index contributed by atoms with van der Waals surface area (Å²) in [7, 11) is 0. The molecule has 1 unspecified atom stereocenters. The van der Waals surface area contributed by atoms with E-state index in [1.807, 2.05) is 30.3 Å². The highest BCUT2D eigenvalue weighted by atomic mass is 16.5. The van der Waals surface area contributed by atoms with E-state index >= 15 is 0 Å². The molecule has 0 spiro atoms. The molecule has 2 rings (SSSR count). The van der Waals surface area contributed by atoms with Gasteiger partial charge in [0.25, 0.3) is 0 Å². The predicted molar refractivity (Wildman–Crippen MR) is 75.8 cm³/mol. The predicted octanol–water partition coefficient (Wildman–Crippen LogP) is 2.87. The summed E-state index contributed by atoms with van der Waals surface area (Å²) >= 11 is 0. The molecule has 0 amide bonds. The first-order valence-corrected chi connectivity index (χ1v) is 6.51. The Hall–Kier alpha value is -2.41. The highest BCUT2D eigenvalue weighted by molar-refractivity contribution is 5.81. The van der Waals surface area contributed by atoms with Crippen LogP contribution in [0.2, 0.25) is 0 Å². The Bertz CT molecular complexity index is 675. The van der Waals surface area contributed by atoms with Gasteiger partial charge in [-0.15, -0.1) is 0 Å². The molecule has 0 saturated carbocycles. The molecule has 1 aromatic heterocycles. The fraction of sp³-hybridized carbons (Fsp3) is 0.312. The zero-order valence-electron chi connectivity index (χ0n) is 11.6. The molecule has 4 heteroatoms. The van der Waals surface area contributed by atoms with Crippen molar-refractivity contribution in [3.63, 3.8) is 0 Å². The number of hydrogen-bond donors (Lipinski definition) is 0. The molecule has 102 valence electrons. The maximum Gasteiger partial charge on any atom is 0.326 e. The number of nitriles is 1. The second-order valence-corrected chi connectivity index (χ2v) is 4.87. The minimum atomic E-state index is -1.16. The first-order chi connectivity index (χ1) is 9.59. The average Bonchev–Trinajstić information content (AvgIpc) is 2.47. The first-order valence-electron chi connectivity index (χ1n) is 6.51. The second kappa shape index (κ2) is 5.70. The molecule has 0 radical (unpaired) electrons. The topological polar surface area (TPSA) is 63.0 Å². The number of hydrogen-bond acceptors (Lipinski definition) is 4. The Kier molecular flexibility index (Phi) is 3.99. The molecule has 0 fully saturated rings. The van der Waals surface area contributed by atoms with E-state index < -0.39 is 11.4 Å². The number of fused-ring (bicyclic) bond motifs is 1. The third kappa shape index (κ3) is 2.77. The molecular formula is C16H16N2O2. The van der Waals surface area contributed by atoms with Crippen LogP contribution in [-0.2, 0) is 16.0 Å². The smallest absolute Gasteiger partial charge is 0.326 e. The van der Waals surface area contributed by atoms with Crippen molar-refractivity contribution in [2.24, 2.45) is 5.41 Å². The summed E-state index contributed by atoms with van der Waals surface area (Å²) in [6.45, 7) is 3.62. The molecule has 1 aromatic carbocycles. The van der Waals surface area contributed by atoms with E-state index in [1.54, 1.807) is 20.0 Å². The zero-order chi connectivity index (χ0) is 14.6. The van der Waals surface area contributed by atoms with E-state index in [2.05, 4.69) is 11.1 Å². The van der Waals surface area contributed by atoms with Gasteiger partial charge in [0.1, 0.15) is 0 Å². The van der Waals surface area contributed by atoms with Crippen LogP contribution in [0.3, 0.4) is 0 Å². The van der Waals surface area contributed by atoms with Crippen molar-refractivity contribution >= 4 is 16.9 Å². The van der Waals surface area contributed by atoms with Gasteiger partial charge in [-0.05, 0) is 37.6 Å². The van der Waals surface area contributed by atoms with Crippen LogP contribution in [0.25, 0.3) is 10.9 Å². The molecule has 0 aliphatic carbocycles. The summed E-state index contributed by atoms with van der Waals surface area (Å²) in [6.07, 6.45) is 2.06. The molecule has 20 heavy (non-hydrogen) atoms. The van der Waals surface area contributed by atoms with Crippen molar-refractivity contribution in [2.75, 3.05) is 6.61 Å². The molecule has 0 bridgehead atoms. The van der Waals surface area contributed by atoms with Gasteiger partial charge in [-0.3, -0.25) is 9.78 Å². The van der Waals surface area contributed by atoms with Crippen molar-refractivity contribution in [3.8, 4) is 6.07 Å². The van der Waals surface area contributed by atoms with Gasteiger partial charge in [0.05, 0.1) is 18.2 Å². The van der Waals surface area contributed by atoms with E-state index in [0.717, 1.165) is 16.5 Å². The van der Waals surface area contributed by atoms with E-state index in [4.69, 9.17) is 4.74 Å². The molecule has 0 N–H and O–H groups in total. The minimum absolute atomic E-state index is 0.276. The van der Waals surface area contributed by atoms with Crippen molar-refractivity contribution in [1.29, 1.82) is 5.26 Å². The summed E-state index contributed by atoms with van der Waals surface area (Å²) in [4.78, 5) is 16.2. The number of carbonyl (C=O) groups excluding carboxylic acids is 1. The summed E-state index contributed by atoms with van der Waals surface area (Å²) in [5, 5.41) is 10.3. The van der Waals surface area contributed by atoms with Gasteiger partial charge in [-0.2, -0.15) is 5.26 Å². The van der Waals surface area contributed by atoms with Crippen LogP contribution < -0.4 is 0 Å². The summed E-state index contributed by atoms with van der Waals surface area (Å²) in [6, 6.07) is 11.6. The Balaban J connectivity index is 2.30. The van der Waals surface area contributed by atoms with Crippen LogP contribution in [0.5, 0.6) is 0 Å². The number of pyridine rings is 1. The largest absolute Gasteiger partial charge is 0.465 e. The highest BCUT2D eigenvalue weighted by Gasteiger charge is 2.35. The lowest BCUT2D eigenvalue weighted by Gasteiger charge is -2.19. The van der Waals surface area contributed by atoms with Gasteiger partial charge in [0.15, 0.2) is 5.41 Å². The third-order valence-electron chi connectivity index (χ3n) is 3.20. The van der Waals surface area contributed by atoms with E-state index in [1.165, 1.54) is 0 Å². The van der Waals surface area contributed by atoms with E-state index in [9.17, 15) is 10.1 Å². The number of nitrogens with zero attached hydrogens (tertiary/aromatic N) is 2. The molecule has 1 atom stereocenters. The van der Waals surface area contributed by atoms with Crippen LogP contribution in [-0.4, -0.2) is 17.6 Å². The van der Waals surface area contributed by atoms with Crippen LogP contribution in [0.1, 0.15) is 19.4 Å². The number of carbonyl (C=O) groups is 1. The first kappa shape index (κ1) is 14.0. The van der Waals surface area contributed by atoms with Gasteiger partial charge in [-0.1, -0.05) is 12.1 Å². The maximum atomic E-state index is 11.9. The molecule has 4 nitrogen and oxygen atoms in total. The molecule has 0 aliphatic rings. The van der Waals surface area contributed by atoms with Gasteiger partial charge in [0.2, 0.25) is 0 Å². The van der Waals surface area contributed by atoms with E-state index in [-0.39, 0.29) is 6.61 Å². The Morgan fingerprint density at radius 3 is 2.95 bits per heavy atom. The Morgan fingerprint density at radius 2 is 2.25 bits per heavy atom. The van der Waals surface area contributed by atoms with Gasteiger partial charge in [0, 0.05) is 18.0 Å². The van der Waals surface area contributed by atoms with Crippen molar-refractivity contribution in [2.45, 2.75) is 20.3 Å². The molecular weight excluding hydrogens is 252 g/mol. The number of rotatable bonds is 4. The van der Waals surface area contributed by atoms with Crippen molar-refractivity contribution in [3.05, 3.63) is 42.1 Å². The SMILES string of the molecule is CCOC(=O)C(C)(C#N)Cc1ccc2ncccc2c1. The van der Waals surface area contributed by atoms with Crippen LogP contribution in [0.4, 0.5) is 0 Å². The Labute approximate surface area is 118 Å². The minimum Gasteiger partial charge on any atom is -0.465 e. The van der Waals surface area contributed by atoms with Crippen molar-refractivity contribution < 1.29 is 9.53 Å². The molecule has 0 saturated heterocycles. The lowest BCUT2D eigenvalue weighted by Crippen LogP contribution is -2.30. The maximum absolute atomic E-state index is 11.9. The van der Waals surface area contributed by atoms with Gasteiger partial charge < -0.3 is 4.74 Å². The average molecular weight is 268 g/mol. The summed E-state index contributed by atoms with van der Waals surface area (Å²) in [5.41, 5.74) is 0.653. The third-order valence-corrected chi connectivity index (χ3v) is 3.20. The summed E-state index contributed by atoms with van der Waals surface area (Å²) < 4.78 is 4.98. The number of aromatic nitrogens is 1. The Morgan fingerprint density at radius 1 is 1.45 bits per heavy atom. The standard InChI is InChI=1S/C16H16N2O2/c1-3-20-15(19)16(2,11-17)10-12-6-7-14-13(9-12)5-4-8-18-14/h4-9H,3,10H2,1-2H3. The molecule has 1 heterocycles. The van der Waals surface area contributed by atoms with Gasteiger partial charge >= 0.3 is 5.97 Å². The lowest BCUT2D eigenvalue weighted by molar-refractivity contribution is -0.151. The molecule has 2 aromatic rings. The second-order valence-electron chi connectivity index (χ2n) is 4.87. The normalized spacial score (nSPS) is 13.4. The quantitative estimate of drug-likeness (QED) is 0.800. The monoisotopic (exact) mass is 268 g/mol. The highest BCUT2D eigenvalue weighted by Crippen LogP contribution is 2.25. The van der Waals surface area contributed by atoms with Crippen molar-refractivity contribution in [1.82, 2.24) is 4.98 Å². The van der Waals surface area contributed by atoms with Gasteiger partial charge in [-0.25, -0.2) is 0 Å². The number of ether oxygens (including phenoxy) is 1. The van der Waals surface area contributed by atoms with E-state index in [0.29, 0.717) is 6.42 Å². The number of esters is 1.